The fourth-order valence-corrected chi connectivity index (χ4v) is 2.96. The lowest BCUT2D eigenvalue weighted by atomic mass is 9.98. The van der Waals surface area contributed by atoms with Crippen molar-refractivity contribution in [2.24, 2.45) is 0 Å². The van der Waals surface area contributed by atoms with Gasteiger partial charge in [-0.2, -0.15) is 0 Å². The monoisotopic (exact) mass is 249 g/mol. The number of fused-ring (bicyclic) bond motifs is 1. The molecule has 0 radical (unpaired) electrons. The van der Waals surface area contributed by atoms with E-state index in [1.54, 1.807) is 0 Å². The standard InChI is InChI=1S/C18H19N/c1-2-12-19-14-16-10-6-7-11-17(16)18(19)13-15-8-4-3-5-9-15/h2-11,18H,1,12-14H2/t18-/m0/s1. The summed E-state index contributed by atoms with van der Waals surface area (Å²) in [5.74, 6) is 0. The van der Waals surface area contributed by atoms with Crippen LogP contribution in [0.25, 0.3) is 0 Å². The summed E-state index contributed by atoms with van der Waals surface area (Å²) in [5, 5.41) is 0. The predicted octanol–water partition coefficient (Wildman–Crippen LogP) is 3.97. The lowest BCUT2D eigenvalue weighted by molar-refractivity contribution is 0.238. The van der Waals surface area contributed by atoms with E-state index in [1.165, 1.54) is 16.7 Å². The molecular weight excluding hydrogens is 230 g/mol. The van der Waals surface area contributed by atoms with E-state index >= 15 is 0 Å². The van der Waals surface area contributed by atoms with Crippen molar-refractivity contribution in [1.82, 2.24) is 4.90 Å². The van der Waals surface area contributed by atoms with Crippen LogP contribution in [0.3, 0.4) is 0 Å². The fraction of sp³-hybridized carbons (Fsp3) is 0.222. The Morgan fingerprint density at radius 3 is 2.58 bits per heavy atom. The van der Waals surface area contributed by atoms with Crippen molar-refractivity contribution in [1.29, 1.82) is 0 Å². The lowest BCUT2D eigenvalue weighted by Gasteiger charge is -2.23. The van der Waals surface area contributed by atoms with Gasteiger partial charge in [0, 0.05) is 19.1 Å². The van der Waals surface area contributed by atoms with Gasteiger partial charge in [-0.1, -0.05) is 60.7 Å². The van der Waals surface area contributed by atoms with Crippen molar-refractivity contribution >= 4 is 0 Å². The molecule has 2 aromatic carbocycles. The Kier molecular flexibility index (Phi) is 3.47. The predicted molar refractivity (Wildman–Crippen MR) is 79.9 cm³/mol. The smallest absolute Gasteiger partial charge is 0.0398 e. The van der Waals surface area contributed by atoms with E-state index in [-0.39, 0.29) is 0 Å². The molecule has 1 aliphatic heterocycles. The van der Waals surface area contributed by atoms with E-state index in [2.05, 4.69) is 66.1 Å². The summed E-state index contributed by atoms with van der Waals surface area (Å²) in [6, 6.07) is 20.0. The van der Waals surface area contributed by atoms with Crippen LogP contribution in [0.5, 0.6) is 0 Å². The molecule has 0 aromatic heterocycles. The number of nitrogens with zero attached hydrogens (tertiary/aromatic N) is 1. The highest BCUT2D eigenvalue weighted by atomic mass is 15.2. The van der Waals surface area contributed by atoms with Gasteiger partial charge in [-0.05, 0) is 23.1 Å². The maximum absolute atomic E-state index is 3.89. The number of hydrogen-bond donors (Lipinski definition) is 0. The molecule has 1 nitrogen and oxygen atoms in total. The minimum Gasteiger partial charge on any atom is -0.288 e. The molecule has 0 saturated carbocycles. The first-order valence-electron chi connectivity index (χ1n) is 6.85. The van der Waals surface area contributed by atoms with Crippen molar-refractivity contribution < 1.29 is 0 Å². The van der Waals surface area contributed by atoms with Crippen LogP contribution in [0.15, 0.2) is 67.3 Å². The van der Waals surface area contributed by atoms with E-state index in [4.69, 9.17) is 0 Å². The maximum atomic E-state index is 3.89. The third-order valence-corrected chi connectivity index (χ3v) is 3.86. The zero-order valence-corrected chi connectivity index (χ0v) is 11.1. The van der Waals surface area contributed by atoms with Gasteiger partial charge in [-0.15, -0.1) is 6.58 Å². The molecule has 2 aromatic rings. The van der Waals surface area contributed by atoms with Gasteiger partial charge in [-0.25, -0.2) is 0 Å². The van der Waals surface area contributed by atoms with Crippen LogP contribution >= 0.6 is 0 Å². The van der Waals surface area contributed by atoms with Crippen molar-refractivity contribution in [3.05, 3.63) is 83.9 Å². The molecule has 3 rings (SSSR count). The largest absolute Gasteiger partial charge is 0.288 e. The lowest BCUT2D eigenvalue weighted by Crippen LogP contribution is -2.23. The molecule has 1 aliphatic rings. The van der Waals surface area contributed by atoms with Gasteiger partial charge in [0.1, 0.15) is 0 Å². The maximum Gasteiger partial charge on any atom is 0.0398 e. The Morgan fingerprint density at radius 2 is 1.79 bits per heavy atom. The SMILES string of the molecule is C=CCN1Cc2ccccc2[C@@H]1Cc1ccccc1. The van der Waals surface area contributed by atoms with Gasteiger partial charge in [0.2, 0.25) is 0 Å². The molecule has 1 atom stereocenters. The Morgan fingerprint density at radius 1 is 1.05 bits per heavy atom. The van der Waals surface area contributed by atoms with Gasteiger partial charge in [0.05, 0.1) is 0 Å². The zero-order valence-electron chi connectivity index (χ0n) is 11.1. The minimum atomic E-state index is 0.483. The number of hydrogen-bond acceptors (Lipinski definition) is 1. The molecule has 0 aliphatic carbocycles. The minimum absolute atomic E-state index is 0.483. The summed E-state index contributed by atoms with van der Waals surface area (Å²) < 4.78 is 0. The second-order valence-corrected chi connectivity index (χ2v) is 5.12. The average molecular weight is 249 g/mol. The van der Waals surface area contributed by atoms with Crippen molar-refractivity contribution in [3.8, 4) is 0 Å². The molecule has 96 valence electrons. The van der Waals surface area contributed by atoms with Crippen molar-refractivity contribution in [2.45, 2.75) is 19.0 Å². The van der Waals surface area contributed by atoms with Crippen LogP contribution in [-0.4, -0.2) is 11.4 Å². The Hall–Kier alpha value is -1.86. The van der Waals surface area contributed by atoms with Gasteiger partial charge in [-0.3, -0.25) is 4.90 Å². The van der Waals surface area contributed by atoms with E-state index in [0.29, 0.717) is 6.04 Å². The highest BCUT2D eigenvalue weighted by Gasteiger charge is 2.28. The molecule has 0 amide bonds. The second-order valence-electron chi connectivity index (χ2n) is 5.12. The molecule has 1 heterocycles. The van der Waals surface area contributed by atoms with Gasteiger partial charge in [0.25, 0.3) is 0 Å². The third-order valence-electron chi connectivity index (χ3n) is 3.86. The molecule has 0 unspecified atom stereocenters. The summed E-state index contributed by atoms with van der Waals surface area (Å²) in [6.45, 7) is 5.88. The molecule has 1 heteroatoms. The zero-order chi connectivity index (χ0) is 13.1. The summed E-state index contributed by atoms with van der Waals surface area (Å²) in [7, 11) is 0. The van der Waals surface area contributed by atoms with Crippen LogP contribution in [-0.2, 0) is 13.0 Å². The quantitative estimate of drug-likeness (QED) is 0.741. The summed E-state index contributed by atoms with van der Waals surface area (Å²) in [4.78, 5) is 2.50. The molecule has 0 saturated heterocycles. The molecule has 0 bridgehead atoms. The Bertz CT molecular complexity index is 559. The first kappa shape index (κ1) is 12.2. The van der Waals surface area contributed by atoms with Crippen LogP contribution in [0.4, 0.5) is 0 Å². The van der Waals surface area contributed by atoms with E-state index in [1.807, 2.05) is 6.08 Å². The van der Waals surface area contributed by atoms with E-state index in [9.17, 15) is 0 Å². The van der Waals surface area contributed by atoms with E-state index < -0.39 is 0 Å². The van der Waals surface area contributed by atoms with Gasteiger partial charge < -0.3 is 0 Å². The summed E-state index contributed by atoms with van der Waals surface area (Å²) >= 11 is 0. The van der Waals surface area contributed by atoms with Crippen molar-refractivity contribution in [3.63, 3.8) is 0 Å². The fourth-order valence-electron chi connectivity index (χ4n) is 2.96. The first-order chi connectivity index (χ1) is 9.38. The summed E-state index contributed by atoms with van der Waals surface area (Å²) in [5.41, 5.74) is 4.34. The van der Waals surface area contributed by atoms with E-state index in [0.717, 1.165) is 19.5 Å². The third kappa shape index (κ3) is 2.47. The van der Waals surface area contributed by atoms with Crippen LogP contribution in [0.1, 0.15) is 22.7 Å². The Balaban J connectivity index is 1.89. The van der Waals surface area contributed by atoms with Crippen LogP contribution in [0, 0.1) is 0 Å². The number of benzene rings is 2. The molecular formula is C18H19N. The van der Waals surface area contributed by atoms with Gasteiger partial charge >= 0.3 is 0 Å². The van der Waals surface area contributed by atoms with Crippen molar-refractivity contribution in [2.75, 3.05) is 6.54 Å². The molecule has 19 heavy (non-hydrogen) atoms. The highest BCUT2D eigenvalue weighted by Crippen LogP contribution is 2.35. The average Bonchev–Trinajstić information content (AvgIpc) is 2.79. The van der Waals surface area contributed by atoms with Crippen LogP contribution < -0.4 is 0 Å². The molecule has 0 fully saturated rings. The topological polar surface area (TPSA) is 3.24 Å². The summed E-state index contributed by atoms with van der Waals surface area (Å²) in [6.07, 6.45) is 3.08. The first-order valence-corrected chi connectivity index (χ1v) is 6.85. The van der Waals surface area contributed by atoms with Crippen LogP contribution in [0.2, 0.25) is 0 Å². The molecule has 0 spiro atoms. The number of rotatable bonds is 4. The second kappa shape index (κ2) is 5.41. The van der Waals surface area contributed by atoms with Gasteiger partial charge in [0.15, 0.2) is 0 Å². The highest BCUT2D eigenvalue weighted by molar-refractivity contribution is 5.35. The Labute approximate surface area is 115 Å². The molecule has 0 N–H and O–H groups in total. The normalized spacial score (nSPS) is 18.2.